The summed E-state index contributed by atoms with van der Waals surface area (Å²) in [6.07, 6.45) is 4.87. The molecular weight excluding hydrogens is 286 g/mol. The van der Waals surface area contributed by atoms with Crippen LogP contribution >= 0.6 is 15.9 Å². The number of halogens is 1. The minimum absolute atomic E-state index is 0.160. The number of likely N-dealkylation sites (tertiary alicyclic amines) is 1. The summed E-state index contributed by atoms with van der Waals surface area (Å²) in [6, 6.07) is 0. The van der Waals surface area contributed by atoms with E-state index in [2.05, 4.69) is 30.7 Å². The van der Waals surface area contributed by atoms with Gasteiger partial charge in [0, 0.05) is 19.3 Å². The van der Waals surface area contributed by atoms with Crippen molar-refractivity contribution in [1.29, 1.82) is 0 Å². The summed E-state index contributed by atoms with van der Waals surface area (Å²) in [4.78, 5) is 13.3. The number of ether oxygens (including phenoxy) is 1. The van der Waals surface area contributed by atoms with Crippen LogP contribution < -0.4 is 0 Å². The summed E-state index contributed by atoms with van der Waals surface area (Å²) >= 11 is 3.38. The first-order chi connectivity index (χ1) is 8.17. The van der Waals surface area contributed by atoms with Crippen molar-refractivity contribution in [3.05, 3.63) is 16.9 Å². The number of rotatable bonds is 4. The Balaban J connectivity index is 1.80. The average Bonchev–Trinajstić information content (AvgIpc) is 2.89. The van der Waals surface area contributed by atoms with Gasteiger partial charge in [-0.25, -0.2) is 0 Å². The molecule has 0 bridgehead atoms. The molecule has 0 amide bonds. The Bertz CT molecular complexity index is 394. The van der Waals surface area contributed by atoms with Crippen LogP contribution in [0, 0.1) is 5.92 Å². The van der Waals surface area contributed by atoms with E-state index in [4.69, 9.17) is 0 Å². The largest absolute Gasteiger partial charge is 0.468 e. The van der Waals surface area contributed by atoms with Crippen molar-refractivity contribution in [3.63, 3.8) is 0 Å². The number of methoxy groups -OCH3 is 1. The van der Waals surface area contributed by atoms with E-state index in [0.717, 1.165) is 30.5 Å². The number of carbonyl (C=O) groups is 1. The van der Waals surface area contributed by atoms with E-state index in [0.29, 0.717) is 12.5 Å². The minimum Gasteiger partial charge on any atom is -0.468 e. The molecule has 2 heterocycles. The van der Waals surface area contributed by atoms with E-state index in [1.54, 1.807) is 6.20 Å². The Kier molecular flexibility index (Phi) is 4.17. The molecule has 94 valence electrons. The van der Waals surface area contributed by atoms with Crippen LogP contribution in [0.3, 0.4) is 0 Å². The van der Waals surface area contributed by atoms with Gasteiger partial charge in [0.1, 0.15) is 0 Å². The third kappa shape index (κ3) is 3.54. The first kappa shape index (κ1) is 12.6. The second kappa shape index (κ2) is 5.64. The quantitative estimate of drug-likeness (QED) is 0.783. The Morgan fingerprint density at radius 2 is 2.53 bits per heavy atom. The molecule has 6 heteroatoms. The van der Waals surface area contributed by atoms with Gasteiger partial charge in [-0.15, -0.1) is 0 Å². The van der Waals surface area contributed by atoms with Crippen LogP contribution in [-0.4, -0.2) is 47.4 Å². The molecule has 0 N–H and O–H groups in total. The standard InChI is InChI=1S/C11H16BrN3O2/c1-17-11(16)8-14-3-2-9(5-14)6-15-7-10(12)4-13-15/h4,7,9H,2-3,5-6,8H2,1H3. The first-order valence-corrected chi connectivity index (χ1v) is 6.44. The smallest absolute Gasteiger partial charge is 0.319 e. The minimum atomic E-state index is -0.160. The van der Waals surface area contributed by atoms with Crippen LogP contribution in [0.5, 0.6) is 0 Å². The van der Waals surface area contributed by atoms with Crippen LogP contribution in [0.25, 0.3) is 0 Å². The molecule has 2 rings (SSSR count). The van der Waals surface area contributed by atoms with Gasteiger partial charge in [0.2, 0.25) is 0 Å². The molecule has 0 aliphatic carbocycles. The van der Waals surface area contributed by atoms with Gasteiger partial charge in [-0.2, -0.15) is 5.10 Å². The van der Waals surface area contributed by atoms with Crippen molar-refractivity contribution in [3.8, 4) is 0 Å². The molecule has 1 saturated heterocycles. The van der Waals surface area contributed by atoms with Crippen molar-refractivity contribution in [1.82, 2.24) is 14.7 Å². The Morgan fingerprint density at radius 1 is 1.71 bits per heavy atom. The van der Waals surface area contributed by atoms with Gasteiger partial charge in [-0.3, -0.25) is 14.4 Å². The zero-order chi connectivity index (χ0) is 12.3. The molecule has 1 aliphatic rings. The molecule has 1 aromatic rings. The van der Waals surface area contributed by atoms with Gasteiger partial charge < -0.3 is 4.74 Å². The van der Waals surface area contributed by atoms with Gasteiger partial charge in [0.15, 0.2) is 0 Å². The monoisotopic (exact) mass is 301 g/mol. The van der Waals surface area contributed by atoms with Crippen LogP contribution in [0.4, 0.5) is 0 Å². The van der Waals surface area contributed by atoms with Crippen molar-refractivity contribution in [2.75, 3.05) is 26.7 Å². The fourth-order valence-corrected chi connectivity index (χ4v) is 2.48. The summed E-state index contributed by atoms with van der Waals surface area (Å²) in [7, 11) is 1.43. The number of carbonyl (C=O) groups excluding carboxylic acids is 1. The number of hydrogen-bond donors (Lipinski definition) is 0. The molecule has 1 atom stereocenters. The highest BCUT2D eigenvalue weighted by molar-refractivity contribution is 9.10. The van der Waals surface area contributed by atoms with Crippen LogP contribution in [0.1, 0.15) is 6.42 Å². The zero-order valence-electron chi connectivity index (χ0n) is 9.80. The molecule has 0 radical (unpaired) electrons. The summed E-state index contributed by atoms with van der Waals surface area (Å²) in [5, 5.41) is 4.24. The van der Waals surface area contributed by atoms with E-state index in [-0.39, 0.29) is 5.97 Å². The third-order valence-electron chi connectivity index (χ3n) is 3.00. The Morgan fingerprint density at radius 3 is 3.18 bits per heavy atom. The van der Waals surface area contributed by atoms with Crippen molar-refractivity contribution < 1.29 is 9.53 Å². The lowest BCUT2D eigenvalue weighted by Crippen LogP contribution is -2.29. The van der Waals surface area contributed by atoms with E-state index in [1.807, 2.05) is 10.9 Å². The van der Waals surface area contributed by atoms with Crippen molar-refractivity contribution in [2.24, 2.45) is 5.92 Å². The Hall–Kier alpha value is -0.880. The summed E-state index contributed by atoms with van der Waals surface area (Å²) in [6.45, 7) is 3.20. The van der Waals surface area contributed by atoms with E-state index in [1.165, 1.54) is 7.11 Å². The van der Waals surface area contributed by atoms with E-state index >= 15 is 0 Å². The van der Waals surface area contributed by atoms with Crippen LogP contribution in [0.2, 0.25) is 0 Å². The van der Waals surface area contributed by atoms with Crippen LogP contribution in [-0.2, 0) is 16.1 Å². The molecule has 0 spiro atoms. The molecule has 1 unspecified atom stereocenters. The highest BCUT2D eigenvalue weighted by Gasteiger charge is 2.24. The SMILES string of the molecule is COC(=O)CN1CCC(Cn2cc(Br)cn2)C1. The van der Waals surface area contributed by atoms with E-state index < -0.39 is 0 Å². The lowest BCUT2D eigenvalue weighted by molar-refractivity contribution is -0.141. The molecule has 0 aromatic carbocycles. The number of aromatic nitrogens is 2. The average molecular weight is 302 g/mol. The van der Waals surface area contributed by atoms with Gasteiger partial charge in [-0.1, -0.05) is 0 Å². The van der Waals surface area contributed by atoms with E-state index in [9.17, 15) is 4.79 Å². The van der Waals surface area contributed by atoms with Gasteiger partial charge in [0.05, 0.1) is 24.3 Å². The number of esters is 1. The predicted octanol–water partition coefficient (Wildman–Crippen LogP) is 1.14. The lowest BCUT2D eigenvalue weighted by atomic mass is 10.1. The summed E-state index contributed by atoms with van der Waals surface area (Å²) in [5.74, 6) is 0.402. The topological polar surface area (TPSA) is 47.4 Å². The third-order valence-corrected chi connectivity index (χ3v) is 3.41. The Labute approximate surface area is 109 Å². The maximum atomic E-state index is 11.1. The highest BCUT2D eigenvalue weighted by atomic mass is 79.9. The maximum absolute atomic E-state index is 11.1. The van der Waals surface area contributed by atoms with Gasteiger partial charge in [-0.05, 0) is 34.8 Å². The molecule has 0 saturated carbocycles. The van der Waals surface area contributed by atoms with Crippen molar-refractivity contribution in [2.45, 2.75) is 13.0 Å². The second-order valence-electron chi connectivity index (χ2n) is 4.35. The molecule has 1 fully saturated rings. The molecule has 1 aromatic heterocycles. The first-order valence-electron chi connectivity index (χ1n) is 5.64. The highest BCUT2D eigenvalue weighted by Crippen LogP contribution is 2.18. The van der Waals surface area contributed by atoms with Gasteiger partial charge >= 0.3 is 5.97 Å². The van der Waals surface area contributed by atoms with Crippen molar-refractivity contribution >= 4 is 21.9 Å². The molecule has 17 heavy (non-hydrogen) atoms. The summed E-state index contributed by atoms with van der Waals surface area (Å²) < 4.78 is 7.61. The number of nitrogens with zero attached hydrogens (tertiary/aromatic N) is 3. The molecular formula is C11H16BrN3O2. The normalized spacial score (nSPS) is 20.7. The zero-order valence-corrected chi connectivity index (χ0v) is 11.4. The predicted molar refractivity (Wildman–Crippen MR) is 66.5 cm³/mol. The lowest BCUT2D eigenvalue weighted by Gasteiger charge is -2.14. The van der Waals surface area contributed by atoms with Crippen LogP contribution in [0.15, 0.2) is 16.9 Å². The summed E-state index contributed by atoms with van der Waals surface area (Å²) in [5.41, 5.74) is 0. The fraction of sp³-hybridized carbons (Fsp3) is 0.636. The van der Waals surface area contributed by atoms with Gasteiger partial charge in [0.25, 0.3) is 0 Å². The second-order valence-corrected chi connectivity index (χ2v) is 5.26. The maximum Gasteiger partial charge on any atom is 0.319 e. The molecule has 5 nitrogen and oxygen atoms in total. The fourth-order valence-electron chi connectivity index (χ4n) is 2.16. The molecule has 1 aliphatic heterocycles. The number of hydrogen-bond acceptors (Lipinski definition) is 4.